The summed E-state index contributed by atoms with van der Waals surface area (Å²) in [5.41, 5.74) is 6.91. The zero-order valence-electron chi connectivity index (χ0n) is 26.5. The third-order valence-electron chi connectivity index (χ3n) is 10.6. The first kappa shape index (κ1) is 28.8. The van der Waals surface area contributed by atoms with Gasteiger partial charge in [0.1, 0.15) is 5.82 Å². The molecule has 0 spiro atoms. The minimum Gasteiger partial charge on any atom is -0.421 e. The van der Waals surface area contributed by atoms with Crippen LogP contribution >= 0.6 is 23.1 Å². The molecule has 4 aliphatic rings. The third-order valence-corrected chi connectivity index (χ3v) is 13.0. The highest BCUT2D eigenvalue weighted by atomic mass is 32.2. The monoisotopic (exact) mass is 650 g/mol. The molecule has 2 atom stereocenters. The Balaban J connectivity index is 1.19. The smallest absolute Gasteiger partial charge is 0.250 e. The van der Waals surface area contributed by atoms with Crippen molar-refractivity contribution >= 4 is 39.0 Å². The molecule has 0 aromatic carbocycles. The Labute approximate surface area is 277 Å². The van der Waals surface area contributed by atoms with Gasteiger partial charge in [-0.1, -0.05) is 19.9 Å². The van der Waals surface area contributed by atoms with E-state index in [1.807, 2.05) is 37.1 Å². The van der Waals surface area contributed by atoms with Crippen LogP contribution in [0.3, 0.4) is 0 Å². The highest BCUT2D eigenvalue weighted by Crippen LogP contribution is 2.54. The summed E-state index contributed by atoms with van der Waals surface area (Å²) in [6.07, 6.45) is 12.7. The van der Waals surface area contributed by atoms with E-state index in [2.05, 4.69) is 52.5 Å². The number of thioether (sulfide) groups is 1. The van der Waals surface area contributed by atoms with Crippen LogP contribution in [-0.2, 0) is 17.6 Å². The van der Waals surface area contributed by atoms with Gasteiger partial charge in [-0.25, -0.2) is 4.98 Å². The Bertz CT molecular complexity index is 1960. The lowest BCUT2D eigenvalue weighted by Crippen LogP contribution is -2.25. The number of thiophene rings is 1. The topological polar surface area (TPSA) is 98.9 Å². The van der Waals surface area contributed by atoms with Gasteiger partial charge in [0.2, 0.25) is 11.8 Å². The van der Waals surface area contributed by atoms with Crippen molar-refractivity contribution in [2.24, 2.45) is 5.92 Å². The number of fused-ring (bicyclic) bond motifs is 5. The van der Waals surface area contributed by atoms with Crippen LogP contribution in [0.5, 0.6) is 0 Å². The first-order valence-electron chi connectivity index (χ1n) is 16.7. The number of aromatic nitrogens is 5. The maximum absolute atomic E-state index is 6.53. The zero-order chi connectivity index (χ0) is 31.0. The van der Waals surface area contributed by atoms with Gasteiger partial charge >= 0.3 is 0 Å². The van der Waals surface area contributed by atoms with E-state index in [-0.39, 0.29) is 11.6 Å². The minimum absolute atomic E-state index is 0.0159. The molecular formula is C36H38N6O2S2. The van der Waals surface area contributed by atoms with Gasteiger partial charge in [0, 0.05) is 52.0 Å². The summed E-state index contributed by atoms with van der Waals surface area (Å²) in [7, 11) is 0. The molecule has 9 rings (SSSR count). The van der Waals surface area contributed by atoms with Crippen LogP contribution < -0.4 is 5.32 Å². The van der Waals surface area contributed by atoms with Crippen molar-refractivity contribution in [1.29, 1.82) is 0 Å². The van der Waals surface area contributed by atoms with Crippen molar-refractivity contribution in [1.82, 2.24) is 25.1 Å². The van der Waals surface area contributed by atoms with Gasteiger partial charge in [0.05, 0.1) is 39.4 Å². The number of nitrogens with zero attached hydrogens (tertiary/aromatic N) is 5. The second-order valence-corrected chi connectivity index (χ2v) is 15.9. The largest absolute Gasteiger partial charge is 0.421 e. The molecule has 1 aliphatic carbocycles. The van der Waals surface area contributed by atoms with E-state index >= 15 is 0 Å². The van der Waals surface area contributed by atoms with Crippen LogP contribution in [0.25, 0.3) is 32.0 Å². The number of nitrogens with one attached hydrogen (secondary N) is 1. The molecule has 1 N–H and O–H groups in total. The lowest BCUT2D eigenvalue weighted by Gasteiger charge is -2.25. The number of hydrogen-bond donors (Lipinski definition) is 1. The van der Waals surface area contributed by atoms with Crippen molar-refractivity contribution in [3.63, 3.8) is 0 Å². The molecule has 0 radical (unpaired) electrons. The van der Waals surface area contributed by atoms with Crippen molar-refractivity contribution < 1.29 is 9.15 Å². The molecule has 46 heavy (non-hydrogen) atoms. The minimum atomic E-state index is -0.0159. The van der Waals surface area contributed by atoms with E-state index < -0.39 is 0 Å². The molecule has 0 saturated carbocycles. The number of pyridine rings is 3. The highest BCUT2D eigenvalue weighted by molar-refractivity contribution is 7.99. The SMILES string of the molecule is Cc1nnc(-c2c(CCC34CCC(CC3)O4)nc3c(c2-c2cc4ccnc(NC5CCc6ncccc65)c4s2)SCC3C(C)C)o1. The summed E-state index contributed by atoms with van der Waals surface area (Å²) < 4.78 is 13.9. The van der Waals surface area contributed by atoms with Crippen molar-refractivity contribution in [3.8, 4) is 21.9 Å². The molecule has 8 nitrogen and oxygen atoms in total. The van der Waals surface area contributed by atoms with E-state index in [1.54, 1.807) is 11.3 Å². The molecule has 2 bridgehead atoms. The van der Waals surface area contributed by atoms with Crippen LogP contribution in [0.2, 0.25) is 0 Å². The predicted molar refractivity (Wildman–Crippen MR) is 182 cm³/mol. The summed E-state index contributed by atoms with van der Waals surface area (Å²) in [6.45, 7) is 6.50. The molecule has 0 amide bonds. The van der Waals surface area contributed by atoms with Gasteiger partial charge < -0.3 is 14.5 Å². The second-order valence-electron chi connectivity index (χ2n) is 13.8. The van der Waals surface area contributed by atoms with Gasteiger partial charge in [0.15, 0.2) is 0 Å². The fourth-order valence-electron chi connectivity index (χ4n) is 8.12. The van der Waals surface area contributed by atoms with Gasteiger partial charge in [-0.3, -0.25) is 9.97 Å². The Kier molecular flexibility index (Phi) is 6.98. The number of anilines is 1. The molecule has 2 unspecified atom stereocenters. The molecule has 10 heteroatoms. The van der Waals surface area contributed by atoms with Crippen molar-refractivity contribution in [2.75, 3.05) is 11.1 Å². The van der Waals surface area contributed by atoms with E-state index in [1.165, 1.54) is 50.5 Å². The Morgan fingerprint density at radius 3 is 2.74 bits per heavy atom. The highest BCUT2D eigenvalue weighted by Gasteiger charge is 2.46. The van der Waals surface area contributed by atoms with Crippen LogP contribution in [0.15, 0.2) is 46.0 Å². The lowest BCUT2D eigenvalue weighted by molar-refractivity contribution is 0.00716. The van der Waals surface area contributed by atoms with E-state index in [0.29, 0.717) is 29.7 Å². The maximum atomic E-state index is 6.53. The van der Waals surface area contributed by atoms with Crippen LogP contribution in [0.4, 0.5) is 5.82 Å². The predicted octanol–water partition coefficient (Wildman–Crippen LogP) is 8.70. The number of rotatable bonds is 8. The maximum Gasteiger partial charge on any atom is 0.250 e. The van der Waals surface area contributed by atoms with Gasteiger partial charge in [-0.2, -0.15) is 0 Å². The summed E-state index contributed by atoms with van der Waals surface area (Å²) in [5, 5.41) is 13.9. The molecule has 3 aliphatic heterocycles. The number of hydrogen-bond acceptors (Lipinski definition) is 10. The molecule has 5 aromatic rings. The zero-order valence-corrected chi connectivity index (χ0v) is 28.1. The fourth-order valence-corrected chi connectivity index (χ4v) is 10.9. The Morgan fingerprint density at radius 2 is 1.96 bits per heavy atom. The third kappa shape index (κ3) is 4.78. The summed E-state index contributed by atoms with van der Waals surface area (Å²) in [5.74, 6) is 3.98. The van der Waals surface area contributed by atoms with Gasteiger partial charge in [-0.15, -0.1) is 33.3 Å². The lowest BCUT2D eigenvalue weighted by atomic mass is 9.84. The number of aryl methyl sites for hydroxylation is 3. The standard InChI is InChI=1S/C36H38N6O2S2/c1-19(2)24-18-45-33-30(28-17-21-11-16-38-34(32(21)46-28)40-26-7-6-25-23(26)5-4-15-37-25)29(35-42-41-20(3)43-35)27(39-31(24)33)10-14-36-12-8-22(44-36)9-13-36/h4-5,11,15-17,19,22,24,26H,6-10,12-14,18H2,1-3H3,(H,38,40). The second kappa shape index (κ2) is 11.1. The van der Waals surface area contributed by atoms with E-state index in [4.69, 9.17) is 19.1 Å². The normalized spacial score (nSPS) is 24.7. The fraction of sp³-hybridized carbons (Fsp3) is 0.472. The van der Waals surface area contributed by atoms with Gasteiger partial charge in [-0.05, 0) is 86.4 Å². The van der Waals surface area contributed by atoms with Crippen LogP contribution in [-0.4, -0.2) is 42.6 Å². The first-order chi connectivity index (χ1) is 22.4. The average Bonchev–Trinajstić information content (AvgIpc) is 3.91. The molecule has 5 aromatic heterocycles. The summed E-state index contributed by atoms with van der Waals surface area (Å²) >= 11 is 3.73. The van der Waals surface area contributed by atoms with Crippen LogP contribution in [0, 0.1) is 12.8 Å². The van der Waals surface area contributed by atoms with Crippen molar-refractivity contribution in [3.05, 3.63) is 65.2 Å². The van der Waals surface area contributed by atoms with Crippen LogP contribution in [0.1, 0.15) is 92.9 Å². The average molecular weight is 651 g/mol. The molecule has 8 heterocycles. The summed E-state index contributed by atoms with van der Waals surface area (Å²) in [6, 6.07) is 8.88. The molecule has 2 saturated heterocycles. The van der Waals surface area contributed by atoms with E-state index in [0.717, 1.165) is 66.1 Å². The van der Waals surface area contributed by atoms with E-state index in [9.17, 15) is 0 Å². The molecular weight excluding hydrogens is 613 g/mol. The number of ether oxygens (including phenoxy) is 1. The quantitative estimate of drug-likeness (QED) is 0.177. The van der Waals surface area contributed by atoms with Gasteiger partial charge in [0.25, 0.3) is 0 Å². The Hall–Kier alpha value is -3.34. The summed E-state index contributed by atoms with van der Waals surface area (Å²) in [4.78, 5) is 17.4. The van der Waals surface area contributed by atoms with Crippen molar-refractivity contribution in [2.45, 2.75) is 101 Å². The first-order valence-corrected chi connectivity index (χ1v) is 18.5. The molecule has 2 fully saturated rings. The Morgan fingerprint density at radius 1 is 1.07 bits per heavy atom. The molecule has 236 valence electrons.